The van der Waals surface area contributed by atoms with E-state index in [4.69, 9.17) is 5.11 Å². The maximum atomic E-state index is 12.2. The quantitative estimate of drug-likeness (QED) is 0.905. The molecule has 0 aromatic heterocycles. The van der Waals surface area contributed by atoms with Gasteiger partial charge in [-0.1, -0.05) is 30.3 Å². The van der Waals surface area contributed by atoms with Crippen LogP contribution < -0.4 is 5.32 Å². The molecule has 2 aromatic rings. The largest absolute Gasteiger partial charge is 0.478 e. The zero-order valence-electron chi connectivity index (χ0n) is 12.0. The van der Waals surface area contributed by atoms with E-state index in [0.717, 1.165) is 11.1 Å². The van der Waals surface area contributed by atoms with Gasteiger partial charge in [0.1, 0.15) is 0 Å². The highest BCUT2D eigenvalue weighted by molar-refractivity contribution is 5.97. The summed E-state index contributed by atoms with van der Waals surface area (Å²) in [7, 11) is 0. The Morgan fingerprint density at radius 1 is 1.05 bits per heavy atom. The molecule has 1 unspecified atom stereocenters. The topological polar surface area (TPSA) is 66.4 Å². The average molecular weight is 283 g/mol. The van der Waals surface area contributed by atoms with Crippen molar-refractivity contribution in [1.82, 2.24) is 5.32 Å². The molecule has 0 radical (unpaired) electrons. The van der Waals surface area contributed by atoms with Crippen LogP contribution in [-0.2, 0) is 0 Å². The molecule has 2 N–H and O–H groups in total. The third kappa shape index (κ3) is 3.48. The van der Waals surface area contributed by atoms with Crippen molar-refractivity contribution >= 4 is 11.9 Å². The minimum Gasteiger partial charge on any atom is -0.478 e. The summed E-state index contributed by atoms with van der Waals surface area (Å²) >= 11 is 0. The lowest BCUT2D eigenvalue weighted by atomic mass is 10.0. The van der Waals surface area contributed by atoms with Gasteiger partial charge in [-0.2, -0.15) is 0 Å². The van der Waals surface area contributed by atoms with E-state index >= 15 is 0 Å². The third-order valence-electron chi connectivity index (χ3n) is 3.37. The van der Waals surface area contributed by atoms with E-state index in [1.807, 2.05) is 38.1 Å². The number of amides is 1. The van der Waals surface area contributed by atoms with E-state index in [2.05, 4.69) is 5.32 Å². The smallest absolute Gasteiger partial charge is 0.335 e. The van der Waals surface area contributed by atoms with Crippen molar-refractivity contribution in [2.24, 2.45) is 0 Å². The minimum atomic E-state index is -1.04. The summed E-state index contributed by atoms with van der Waals surface area (Å²) in [5, 5.41) is 11.8. The third-order valence-corrected chi connectivity index (χ3v) is 3.37. The lowest BCUT2D eigenvalue weighted by Crippen LogP contribution is -2.27. The summed E-state index contributed by atoms with van der Waals surface area (Å²) < 4.78 is 0. The lowest BCUT2D eigenvalue weighted by molar-refractivity contribution is 0.0697. The second kappa shape index (κ2) is 6.22. The Labute approximate surface area is 123 Å². The fourth-order valence-corrected chi connectivity index (χ4v) is 2.22. The van der Waals surface area contributed by atoms with Gasteiger partial charge in [0.2, 0.25) is 0 Å². The molecule has 2 rings (SSSR count). The highest BCUT2D eigenvalue weighted by Gasteiger charge is 2.14. The van der Waals surface area contributed by atoms with Gasteiger partial charge in [-0.05, 0) is 43.2 Å². The first-order chi connectivity index (χ1) is 9.99. The maximum Gasteiger partial charge on any atom is 0.335 e. The van der Waals surface area contributed by atoms with E-state index in [1.54, 1.807) is 12.1 Å². The van der Waals surface area contributed by atoms with Crippen LogP contribution in [0.4, 0.5) is 0 Å². The second-order valence-electron chi connectivity index (χ2n) is 4.94. The van der Waals surface area contributed by atoms with Crippen molar-refractivity contribution in [3.63, 3.8) is 0 Å². The monoisotopic (exact) mass is 283 g/mol. The molecule has 4 heteroatoms. The van der Waals surface area contributed by atoms with Crippen molar-refractivity contribution in [2.75, 3.05) is 0 Å². The minimum absolute atomic E-state index is 0.103. The Kier molecular flexibility index (Phi) is 4.38. The maximum absolute atomic E-state index is 12.2. The summed E-state index contributed by atoms with van der Waals surface area (Å²) in [6, 6.07) is 13.7. The van der Waals surface area contributed by atoms with Gasteiger partial charge in [-0.15, -0.1) is 0 Å². The van der Waals surface area contributed by atoms with Gasteiger partial charge in [-0.3, -0.25) is 4.79 Å². The number of aryl methyl sites for hydroxylation is 1. The van der Waals surface area contributed by atoms with E-state index in [-0.39, 0.29) is 17.5 Å². The van der Waals surface area contributed by atoms with Crippen LogP contribution in [-0.4, -0.2) is 17.0 Å². The van der Waals surface area contributed by atoms with E-state index in [0.29, 0.717) is 5.56 Å². The Morgan fingerprint density at radius 2 is 1.71 bits per heavy atom. The molecule has 108 valence electrons. The highest BCUT2D eigenvalue weighted by Crippen LogP contribution is 2.17. The molecule has 0 fully saturated rings. The molecule has 0 aliphatic carbocycles. The van der Waals surface area contributed by atoms with Crippen molar-refractivity contribution in [1.29, 1.82) is 0 Å². The molecule has 0 aliphatic heterocycles. The van der Waals surface area contributed by atoms with Crippen LogP contribution in [0.1, 0.15) is 44.8 Å². The van der Waals surface area contributed by atoms with Crippen LogP contribution in [0.2, 0.25) is 0 Å². The molecule has 0 aliphatic rings. The normalized spacial score (nSPS) is 11.7. The molecule has 2 aromatic carbocycles. The number of carbonyl (C=O) groups is 2. The predicted molar refractivity (Wildman–Crippen MR) is 80.5 cm³/mol. The lowest BCUT2D eigenvalue weighted by Gasteiger charge is -2.16. The van der Waals surface area contributed by atoms with Crippen molar-refractivity contribution in [3.05, 3.63) is 70.8 Å². The van der Waals surface area contributed by atoms with Crippen LogP contribution in [0.25, 0.3) is 0 Å². The van der Waals surface area contributed by atoms with Gasteiger partial charge in [-0.25, -0.2) is 4.79 Å². The summed E-state index contributed by atoms with van der Waals surface area (Å²) in [5.74, 6) is -1.33. The molecular weight excluding hydrogens is 266 g/mol. The molecule has 21 heavy (non-hydrogen) atoms. The van der Waals surface area contributed by atoms with Crippen LogP contribution >= 0.6 is 0 Å². The summed E-state index contributed by atoms with van der Waals surface area (Å²) in [6.07, 6.45) is 0. The first-order valence-corrected chi connectivity index (χ1v) is 6.69. The van der Waals surface area contributed by atoms with Gasteiger partial charge in [0.25, 0.3) is 5.91 Å². The first-order valence-electron chi connectivity index (χ1n) is 6.69. The molecule has 1 amide bonds. The van der Waals surface area contributed by atoms with E-state index in [9.17, 15) is 9.59 Å². The van der Waals surface area contributed by atoms with Crippen molar-refractivity contribution < 1.29 is 14.7 Å². The zero-order chi connectivity index (χ0) is 15.4. The first kappa shape index (κ1) is 14.8. The highest BCUT2D eigenvalue weighted by atomic mass is 16.4. The van der Waals surface area contributed by atoms with Crippen LogP contribution in [0.3, 0.4) is 0 Å². The number of carboxylic acid groups (broad SMARTS) is 1. The van der Waals surface area contributed by atoms with Gasteiger partial charge < -0.3 is 10.4 Å². The van der Waals surface area contributed by atoms with Gasteiger partial charge in [0.05, 0.1) is 11.6 Å². The van der Waals surface area contributed by atoms with Gasteiger partial charge in [0.15, 0.2) is 0 Å². The molecule has 0 heterocycles. The molecule has 0 bridgehead atoms. The van der Waals surface area contributed by atoms with E-state index in [1.165, 1.54) is 12.1 Å². The summed E-state index contributed by atoms with van der Waals surface area (Å²) in [6.45, 7) is 3.89. The molecule has 0 saturated carbocycles. The van der Waals surface area contributed by atoms with Crippen LogP contribution in [0.15, 0.2) is 48.5 Å². The predicted octanol–water partition coefficient (Wildman–Crippen LogP) is 3.18. The van der Waals surface area contributed by atoms with Crippen molar-refractivity contribution in [2.45, 2.75) is 19.9 Å². The number of rotatable bonds is 4. The summed E-state index contributed by atoms with van der Waals surface area (Å²) in [5.41, 5.74) is 2.59. The number of benzene rings is 2. The van der Waals surface area contributed by atoms with Gasteiger partial charge >= 0.3 is 5.97 Å². The fourth-order valence-electron chi connectivity index (χ4n) is 2.22. The zero-order valence-corrected chi connectivity index (χ0v) is 12.0. The van der Waals surface area contributed by atoms with Crippen LogP contribution in [0, 0.1) is 6.92 Å². The number of carbonyl (C=O) groups excluding carboxylic acids is 1. The molecule has 4 nitrogen and oxygen atoms in total. The molecule has 0 saturated heterocycles. The average Bonchev–Trinajstić information content (AvgIpc) is 2.47. The van der Waals surface area contributed by atoms with Crippen molar-refractivity contribution in [3.8, 4) is 0 Å². The number of hydrogen-bond acceptors (Lipinski definition) is 2. The number of carboxylic acids is 1. The van der Waals surface area contributed by atoms with Gasteiger partial charge in [0, 0.05) is 5.56 Å². The van der Waals surface area contributed by atoms with Crippen LogP contribution in [0.5, 0.6) is 0 Å². The number of hydrogen-bond donors (Lipinski definition) is 2. The SMILES string of the molecule is Cc1ccccc1C(C)NC(=O)c1cccc(C(=O)O)c1. The molecular formula is C17H17NO3. The second-order valence-corrected chi connectivity index (χ2v) is 4.94. The van der Waals surface area contributed by atoms with E-state index < -0.39 is 5.97 Å². The number of nitrogens with one attached hydrogen (secondary N) is 1. The molecule has 0 spiro atoms. The Hall–Kier alpha value is -2.62. The Morgan fingerprint density at radius 3 is 2.38 bits per heavy atom. The number of aromatic carboxylic acids is 1. The Balaban J connectivity index is 2.16. The molecule has 1 atom stereocenters. The fraction of sp³-hybridized carbons (Fsp3) is 0.176. The summed E-state index contributed by atoms with van der Waals surface area (Å²) in [4.78, 5) is 23.1. The standard InChI is InChI=1S/C17H17NO3/c1-11-6-3-4-9-15(11)12(2)18-16(19)13-7-5-8-14(10-13)17(20)21/h3-10,12H,1-2H3,(H,18,19)(H,20,21). The Bertz CT molecular complexity index is 679.